The predicted octanol–water partition coefficient (Wildman–Crippen LogP) is 2.58. The van der Waals surface area contributed by atoms with Crippen molar-refractivity contribution in [1.29, 1.82) is 0 Å². The molecule has 0 aromatic carbocycles. The van der Waals surface area contributed by atoms with Gasteiger partial charge in [-0.05, 0) is 25.0 Å². The van der Waals surface area contributed by atoms with E-state index < -0.39 is 0 Å². The molecule has 0 radical (unpaired) electrons. The zero-order valence-corrected chi connectivity index (χ0v) is 11.0. The Balaban J connectivity index is 2.04. The molecule has 0 aliphatic heterocycles. The van der Waals surface area contributed by atoms with Crippen LogP contribution in [-0.4, -0.2) is 16.9 Å². The third-order valence-electron chi connectivity index (χ3n) is 3.41. The second-order valence-corrected chi connectivity index (χ2v) is 5.14. The lowest BCUT2D eigenvalue weighted by Gasteiger charge is -2.20. The van der Waals surface area contributed by atoms with Crippen molar-refractivity contribution in [1.82, 2.24) is 4.98 Å². The summed E-state index contributed by atoms with van der Waals surface area (Å²) in [5.74, 6) is 0.219. The quantitative estimate of drug-likeness (QED) is 0.810. The number of nitrogens with two attached hydrogens (primary N) is 1. The maximum Gasteiger partial charge on any atom is 0.230 e. The highest BCUT2D eigenvalue weighted by Gasteiger charge is 2.27. The smallest absolute Gasteiger partial charge is 0.230 e. The molecule has 2 atom stereocenters. The van der Waals surface area contributed by atoms with Crippen LogP contribution in [0.3, 0.4) is 0 Å². The predicted molar refractivity (Wildman–Crippen MR) is 72.4 cm³/mol. The van der Waals surface area contributed by atoms with Gasteiger partial charge in [0.25, 0.3) is 0 Å². The van der Waals surface area contributed by atoms with E-state index in [1.165, 1.54) is 0 Å². The van der Waals surface area contributed by atoms with E-state index >= 15 is 0 Å². The van der Waals surface area contributed by atoms with Gasteiger partial charge in [-0.15, -0.1) is 0 Å². The van der Waals surface area contributed by atoms with Crippen LogP contribution in [-0.2, 0) is 4.79 Å². The van der Waals surface area contributed by atoms with Gasteiger partial charge in [-0.2, -0.15) is 0 Å². The average Bonchev–Trinajstić information content (AvgIpc) is 2.57. The number of hydrogen-bond donors (Lipinski definition) is 2. The first-order valence-electron chi connectivity index (χ1n) is 6.35. The number of carbonyl (C=O) groups excluding carboxylic acids is 1. The number of amides is 1. The Labute approximate surface area is 112 Å². The van der Waals surface area contributed by atoms with Crippen LogP contribution < -0.4 is 11.1 Å². The number of rotatable bonds is 2. The van der Waals surface area contributed by atoms with Gasteiger partial charge in [0.1, 0.15) is 0 Å². The Morgan fingerprint density at radius 3 is 2.94 bits per heavy atom. The van der Waals surface area contributed by atoms with E-state index in [2.05, 4.69) is 10.3 Å². The molecule has 98 valence electrons. The summed E-state index contributed by atoms with van der Waals surface area (Å²) in [7, 11) is 0. The summed E-state index contributed by atoms with van der Waals surface area (Å²) in [4.78, 5) is 16.3. The molecular formula is C13H18ClN3O. The maximum atomic E-state index is 12.2. The summed E-state index contributed by atoms with van der Waals surface area (Å²) in [6.45, 7) is 0. The minimum atomic E-state index is -0.134. The third-order valence-corrected chi connectivity index (χ3v) is 3.71. The van der Waals surface area contributed by atoms with Gasteiger partial charge in [-0.3, -0.25) is 4.79 Å². The molecule has 2 rings (SSSR count). The van der Waals surface area contributed by atoms with Gasteiger partial charge in [-0.1, -0.05) is 30.9 Å². The standard InChI is InChI=1S/C13H18ClN3O/c14-10-6-4-8-16-12(10)17-13(18)9-5-2-1-3-7-11(9)15/h4,6,8-9,11H,1-3,5,7,15H2,(H,16,17,18). The SMILES string of the molecule is NC1CCCCCC1C(=O)Nc1ncccc1Cl. The molecule has 0 bridgehead atoms. The van der Waals surface area contributed by atoms with Crippen molar-refractivity contribution in [3.05, 3.63) is 23.4 Å². The molecule has 2 unspecified atom stereocenters. The molecule has 4 nitrogen and oxygen atoms in total. The highest BCUT2D eigenvalue weighted by atomic mass is 35.5. The van der Waals surface area contributed by atoms with Crippen LogP contribution in [0.2, 0.25) is 5.02 Å². The van der Waals surface area contributed by atoms with Crippen molar-refractivity contribution in [3.8, 4) is 0 Å². The van der Waals surface area contributed by atoms with E-state index in [9.17, 15) is 4.79 Å². The largest absolute Gasteiger partial charge is 0.327 e. The molecule has 1 aromatic heterocycles. The van der Waals surface area contributed by atoms with Crippen molar-refractivity contribution in [2.45, 2.75) is 38.1 Å². The van der Waals surface area contributed by atoms with Gasteiger partial charge in [0, 0.05) is 12.2 Å². The first-order chi connectivity index (χ1) is 8.68. The van der Waals surface area contributed by atoms with Crippen LogP contribution in [0.15, 0.2) is 18.3 Å². The van der Waals surface area contributed by atoms with Gasteiger partial charge in [0.05, 0.1) is 10.9 Å². The molecule has 0 spiro atoms. The molecular weight excluding hydrogens is 250 g/mol. The van der Waals surface area contributed by atoms with Gasteiger partial charge in [0.15, 0.2) is 5.82 Å². The third kappa shape index (κ3) is 3.21. The molecule has 0 saturated heterocycles. The zero-order valence-electron chi connectivity index (χ0n) is 10.2. The van der Waals surface area contributed by atoms with Crippen LogP contribution >= 0.6 is 11.6 Å². The molecule has 1 fully saturated rings. The fraction of sp³-hybridized carbons (Fsp3) is 0.538. The minimum absolute atomic E-state index is 0.0602. The van der Waals surface area contributed by atoms with Crippen molar-refractivity contribution in [2.75, 3.05) is 5.32 Å². The van der Waals surface area contributed by atoms with Crippen LogP contribution in [0.1, 0.15) is 32.1 Å². The monoisotopic (exact) mass is 267 g/mol. The summed E-state index contributed by atoms with van der Waals surface area (Å²) < 4.78 is 0. The number of anilines is 1. The van der Waals surface area contributed by atoms with E-state index in [1.807, 2.05) is 0 Å². The zero-order chi connectivity index (χ0) is 13.0. The second kappa shape index (κ2) is 6.16. The Hall–Kier alpha value is -1.13. The highest BCUT2D eigenvalue weighted by molar-refractivity contribution is 6.33. The first-order valence-corrected chi connectivity index (χ1v) is 6.73. The number of aromatic nitrogens is 1. The molecule has 18 heavy (non-hydrogen) atoms. The number of hydrogen-bond acceptors (Lipinski definition) is 3. The Bertz CT molecular complexity index is 424. The molecule has 3 N–H and O–H groups in total. The van der Waals surface area contributed by atoms with Crippen LogP contribution in [0.5, 0.6) is 0 Å². The summed E-state index contributed by atoms with van der Waals surface area (Å²) in [6.07, 6.45) is 6.68. The number of nitrogens with one attached hydrogen (secondary N) is 1. The van der Waals surface area contributed by atoms with Gasteiger partial charge < -0.3 is 11.1 Å². The van der Waals surface area contributed by atoms with Gasteiger partial charge >= 0.3 is 0 Å². The molecule has 1 heterocycles. The van der Waals surface area contributed by atoms with Gasteiger partial charge in [-0.25, -0.2) is 4.98 Å². The average molecular weight is 268 g/mol. The summed E-state index contributed by atoms with van der Waals surface area (Å²) >= 11 is 5.97. The second-order valence-electron chi connectivity index (χ2n) is 4.73. The van der Waals surface area contributed by atoms with Crippen LogP contribution in [0.4, 0.5) is 5.82 Å². The van der Waals surface area contributed by atoms with E-state index in [0.717, 1.165) is 32.1 Å². The molecule has 5 heteroatoms. The van der Waals surface area contributed by atoms with Crippen LogP contribution in [0.25, 0.3) is 0 Å². The molecule has 1 aliphatic carbocycles. The topological polar surface area (TPSA) is 68.0 Å². The Kier molecular flexibility index (Phi) is 4.55. The summed E-state index contributed by atoms with van der Waals surface area (Å²) in [5, 5.41) is 3.23. The minimum Gasteiger partial charge on any atom is -0.327 e. The molecule has 1 amide bonds. The molecule has 1 saturated carbocycles. The number of halogens is 1. The Morgan fingerprint density at radius 1 is 1.39 bits per heavy atom. The lowest BCUT2D eigenvalue weighted by molar-refractivity contribution is -0.120. The van der Waals surface area contributed by atoms with Crippen molar-refractivity contribution in [3.63, 3.8) is 0 Å². The van der Waals surface area contributed by atoms with E-state index in [0.29, 0.717) is 10.8 Å². The molecule has 1 aliphatic rings. The van der Waals surface area contributed by atoms with Crippen LogP contribution in [0, 0.1) is 5.92 Å². The van der Waals surface area contributed by atoms with E-state index in [-0.39, 0.29) is 17.9 Å². The Morgan fingerprint density at radius 2 is 2.17 bits per heavy atom. The summed E-state index contributed by atoms with van der Waals surface area (Å²) in [5.41, 5.74) is 6.06. The normalized spacial score (nSPS) is 24.3. The number of nitrogens with zero attached hydrogens (tertiary/aromatic N) is 1. The fourth-order valence-electron chi connectivity index (χ4n) is 2.35. The van der Waals surface area contributed by atoms with E-state index in [4.69, 9.17) is 17.3 Å². The fourth-order valence-corrected chi connectivity index (χ4v) is 2.52. The van der Waals surface area contributed by atoms with Crippen molar-refractivity contribution in [2.24, 2.45) is 11.7 Å². The van der Waals surface area contributed by atoms with Crippen molar-refractivity contribution >= 4 is 23.3 Å². The van der Waals surface area contributed by atoms with Crippen molar-refractivity contribution < 1.29 is 4.79 Å². The maximum absolute atomic E-state index is 12.2. The highest BCUT2D eigenvalue weighted by Crippen LogP contribution is 2.25. The van der Waals surface area contributed by atoms with E-state index in [1.54, 1.807) is 18.3 Å². The lowest BCUT2D eigenvalue weighted by atomic mass is 9.94. The number of pyridine rings is 1. The first kappa shape index (κ1) is 13.3. The number of carbonyl (C=O) groups is 1. The van der Waals surface area contributed by atoms with Gasteiger partial charge in [0.2, 0.25) is 5.91 Å². The summed E-state index contributed by atoms with van der Waals surface area (Å²) in [6, 6.07) is 3.38. The lowest BCUT2D eigenvalue weighted by Crippen LogP contribution is -2.38. The molecule has 1 aromatic rings.